The molecule has 2 aromatic rings. The van der Waals surface area contributed by atoms with Crippen molar-refractivity contribution in [3.8, 4) is 0 Å². The number of hydrogen-bond donors (Lipinski definition) is 1. The van der Waals surface area contributed by atoms with Crippen molar-refractivity contribution < 1.29 is 4.42 Å². The first-order valence-electron chi connectivity index (χ1n) is 7.91. The predicted octanol–water partition coefficient (Wildman–Crippen LogP) is 3.40. The molecule has 2 unspecified atom stereocenters. The van der Waals surface area contributed by atoms with E-state index in [1.807, 2.05) is 0 Å². The SMILES string of the molecule is CCCNC(C)c1nnc(C2CCc3ccccc3C2)o1. The molecule has 0 bridgehead atoms. The van der Waals surface area contributed by atoms with Gasteiger partial charge in [0.25, 0.3) is 0 Å². The molecule has 1 N–H and O–H groups in total. The van der Waals surface area contributed by atoms with E-state index >= 15 is 0 Å². The summed E-state index contributed by atoms with van der Waals surface area (Å²) in [5, 5.41) is 11.9. The zero-order valence-electron chi connectivity index (χ0n) is 12.8. The molecule has 3 rings (SSSR count). The fraction of sp³-hybridized carbons (Fsp3) is 0.529. The van der Waals surface area contributed by atoms with Crippen molar-refractivity contribution in [2.45, 2.75) is 51.5 Å². The Hall–Kier alpha value is -1.68. The number of hydrogen-bond acceptors (Lipinski definition) is 4. The summed E-state index contributed by atoms with van der Waals surface area (Å²) < 4.78 is 5.91. The van der Waals surface area contributed by atoms with Crippen molar-refractivity contribution >= 4 is 0 Å². The van der Waals surface area contributed by atoms with Gasteiger partial charge in [-0.05, 0) is 50.3 Å². The maximum Gasteiger partial charge on any atom is 0.233 e. The molecule has 0 fully saturated rings. The highest BCUT2D eigenvalue weighted by Gasteiger charge is 2.25. The van der Waals surface area contributed by atoms with Crippen LogP contribution in [0.3, 0.4) is 0 Å². The minimum Gasteiger partial charge on any atom is -0.423 e. The number of nitrogens with one attached hydrogen (secondary N) is 1. The molecule has 0 spiro atoms. The number of fused-ring (bicyclic) bond motifs is 1. The normalized spacial score (nSPS) is 19.2. The minimum atomic E-state index is 0.127. The van der Waals surface area contributed by atoms with Crippen LogP contribution in [0.2, 0.25) is 0 Å². The van der Waals surface area contributed by atoms with E-state index in [0.717, 1.165) is 38.1 Å². The second-order valence-corrected chi connectivity index (χ2v) is 5.86. The molecule has 0 amide bonds. The zero-order chi connectivity index (χ0) is 14.7. The standard InChI is InChI=1S/C17H23N3O/c1-3-10-18-12(2)16-19-20-17(21-16)15-9-8-13-6-4-5-7-14(13)11-15/h4-7,12,15,18H,3,8-11H2,1-2H3. The van der Waals surface area contributed by atoms with Gasteiger partial charge in [-0.25, -0.2) is 0 Å². The summed E-state index contributed by atoms with van der Waals surface area (Å²) in [7, 11) is 0. The van der Waals surface area contributed by atoms with Gasteiger partial charge in [-0.15, -0.1) is 10.2 Å². The molecule has 1 heterocycles. The van der Waals surface area contributed by atoms with Gasteiger partial charge in [0.15, 0.2) is 0 Å². The van der Waals surface area contributed by atoms with E-state index in [-0.39, 0.29) is 6.04 Å². The van der Waals surface area contributed by atoms with Crippen LogP contribution in [0, 0.1) is 0 Å². The molecule has 0 saturated carbocycles. The molecule has 0 saturated heterocycles. The van der Waals surface area contributed by atoms with Gasteiger partial charge in [0.2, 0.25) is 11.8 Å². The second-order valence-electron chi connectivity index (χ2n) is 5.86. The van der Waals surface area contributed by atoms with E-state index in [9.17, 15) is 0 Å². The fourth-order valence-electron chi connectivity index (χ4n) is 2.94. The monoisotopic (exact) mass is 285 g/mol. The van der Waals surface area contributed by atoms with Crippen LogP contribution in [0.25, 0.3) is 0 Å². The second kappa shape index (κ2) is 6.39. The van der Waals surface area contributed by atoms with Crippen molar-refractivity contribution in [1.82, 2.24) is 15.5 Å². The van der Waals surface area contributed by atoms with Crippen molar-refractivity contribution in [2.24, 2.45) is 0 Å². The highest BCUT2D eigenvalue weighted by molar-refractivity contribution is 5.31. The number of benzene rings is 1. The first kappa shape index (κ1) is 14.3. The van der Waals surface area contributed by atoms with Crippen LogP contribution in [-0.4, -0.2) is 16.7 Å². The van der Waals surface area contributed by atoms with E-state index < -0.39 is 0 Å². The summed E-state index contributed by atoms with van der Waals surface area (Å²) in [6.45, 7) is 5.19. The van der Waals surface area contributed by atoms with E-state index in [1.165, 1.54) is 11.1 Å². The van der Waals surface area contributed by atoms with Crippen LogP contribution in [0.1, 0.15) is 61.6 Å². The molecule has 0 aliphatic heterocycles. The maximum absolute atomic E-state index is 5.91. The summed E-state index contributed by atoms with van der Waals surface area (Å²) in [4.78, 5) is 0. The van der Waals surface area contributed by atoms with Gasteiger partial charge < -0.3 is 9.73 Å². The quantitative estimate of drug-likeness (QED) is 0.914. The molecular formula is C17H23N3O. The van der Waals surface area contributed by atoms with Crippen molar-refractivity contribution in [1.29, 1.82) is 0 Å². The Morgan fingerprint density at radius 1 is 1.29 bits per heavy atom. The Morgan fingerprint density at radius 2 is 2.10 bits per heavy atom. The highest BCUT2D eigenvalue weighted by Crippen LogP contribution is 2.32. The molecule has 4 heteroatoms. The van der Waals surface area contributed by atoms with Gasteiger partial charge in [0.05, 0.1) is 6.04 Å². The lowest BCUT2D eigenvalue weighted by molar-refractivity contribution is 0.362. The van der Waals surface area contributed by atoms with Crippen LogP contribution in [0.5, 0.6) is 0 Å². The lowest BCUT2D eigenvalue weighted by atomic mass is 9.84. The van der Waals surface area contributed by atoms with E-state index in [4.69, 9.17) is 4.42 Å². The van der Waals surface area contributed by atoms with Crippen LogP contribution in [-0.2, 0) is 12.8 Å². The molecule has 21 heavy (non-hydrogen) atoms. The lowest BCUT2D eigenvalue weighted by Gasteiger charge is -2.21. The third-order valence-corrected chi connectivity index (χ3v) is 4.22. The molecule has 1 aromatic carbocycles. The fourth-order valence-corrected chi connectivity index (χ4v) is 2.94. The smallest absolute Gasteiger partial charge is 0.233 e. The van der Waals surface area contributed by atoms with Crippen molar-refractivity contribution in [2.75, 3.05) is 6.54 Å². The minimum absolute atomic E-state index is 0.127. The van der Waals surface area contributed by atoms with E-state index in [1.54, 1.807) is 0 Å². The summed E-state index contributed by atoms with van der Waals surface area (Å²) in [6.07, 6.45) is 4.30. The molecule has 1 aromatic heterocycles. The summed E-state index contributed by atoms with van der Waals surface area (Å²) in [5.41, 5.74) is 2.89. The number of aromatic nitrogens is 2. The largest absolute Gasteiger partial charge is 0.423 e. The molecule has 2 atom stereocenters. The summed E-state index contributed by atoms with van der Waals surface area (Å²) >= 11 is 0. The number of rotatable bonds is 5. The third-order valence-electron chi connectivity index (χ3n) is 4.22. The molecular weight excluding hydrogens is 262 g/mol. The van der Waals surface area contributed by atoms with Crippen LogP contribution in [0.4, 0.5) is 0 Å². The van der Waals surface area contributed by atoms with Gasteiger partial charge in [-0.1, -0.05) is 31.2 Å². The Kier molecular flexibility index (Phi) is 4.34. The van der Waals surface area contributed by atoms with E-state index in [2.05, 4.69) is 53.6 Å². The highest BCUT2D eigenvalue weighted by atomic mass is 16.4. The molecule has 4 nitrogen and oxygen atoms in total. The Morgan fingerprint density at radius 3 is 2.90 bits per heavy atom. The molecule has 112 valence electrons. The van der Waals surface area contributed by atoms with Crippen molar-refractivity contribution in [3.63, 3.8) is 0 Å². The first-order chi connectivity index (χ1) is 10.3. The average molecular weight is 285 g/mol. The Balaban J connectivity index is 1.70. The summed E-state index contributed by atoms with van der Waals surface area (Å²) in [6, 6.07) is 8.79. The van der Waals surface area contributed by atoms with Crippen LogP contribution >= 0.6 is 0 Å². The number of nitrogens with zero attached hydrogens (tertiary/aromatic N) is 2. The summed E-state index contributed by atoms with van der Waals surface area (Å²) in [5.74, 6) is 1.86. The van der Waals surface area contributed by atoms with E-state index in [0.29, 0.717) is 11.8 Å². The zero-order valence-corrected chi connectivity index (χ0v) is 12.8. The average Bonchev–Trinajstić information content (AvgIpc) is 3.02. The predicted molar refractivity (Wildman–Crippen MR) is 82.2 cm³/mol. The van der Waals surface area contributed by atoms with Gasteiger partial charge in [-0.3, -0.25) is 0 Å². The van der Waals surface area contributed by atoms with Gasteiger partial charge >= 0.3 is 0 Å². The molecule has 1 aliphatic carbocycles. The van der Waals surface area contributed by atoms with Gasteiger partial charge in [0.1, 0.15) is 0 Å². The first-order valence-corrected chi connectivity index (χ1v) is 7.91. The van der Waals surface area contributed by atoms with Gasteiger partial charge in [0, 0.05) is 5.92 Å². The van der Waals surface area contributed by atoms with Gasteiger partial charge in [-0.2, -0.15) is 0 Å². The maximum atomic E-state index is 5.91. The number of aryl methyl sites for hydroxylation is 1. The molecule has 1 aliphatic rings. The van der Waals surface area contributed by atoms with Crippen LogP contribution in [0.15, 0.2) is 28.7 Å². The van der Waals surface area contributed by atoms with Crippen LogP contribution < -0.4 is 5.32 Å². The lowest BCUT2D eigenvalue weighted by Crippen LogP contribution is -2.19. The topological polar surface area (TPSA) is 51.0 Å². The Labute approximate surface area is 126 Å². The molecule has 0 radical (unpaired) electrons. The Bertz CT molecular complexity index is 593. The third kappa shape index (κ3) is 3.16. The van der Waals surface area contributed by atoms with Crippen molar-refractivity contribution in [3.05, 3.63) is 47.2 Å².